The van der Waals surface area contributed by atoms with Gasteiger partial charge in [0.25, 0.3) is 0 Å². The van der Waals surface area contributed by atoms with E-state index in [9.17, 15) is 14.0 Å². The summed E-state index contributed by atoms with van der Waals surface area (Å²) in [7, 11) is -10.1. The molecule has 0 aliphatic carbocycles. The van der Waals surface area contributed by atoms with E-state index in [1.165, 1.54) is 17.4 Å². The molecular weight excluding hydrogens is 366 g/mol. The van der Waals surface area contributed by atoms with E-state index in [-0.39, 0.29) is 0 Å². The van der Waals surface area contributed by atoms with E-state index in [0.717, 1.165) is 19.4 Å². The van der Waals surface area contributed by atoms with E-state index in [2.05, 4.69) is 20.8 Å². The van der Waals surface area contributed by atoms with Gasteiger partial charge in [-0.25, -0.2) is 9.13 Å². The molecule has 0 fully saturated rings. The van der Waals surface area contributed by atoms with Gasteiger partial charge in [0.15, 0.2) is 13.0 Å². The van der Waals surface area contributed by atoms with Gasteiger partial charge >= 0.3 is 7.60 Å². The fourth-order valence-electron chi connectivity index (χ4n) is 2.66. The Morgan fingerprint density at radius 2 is 1.76 bits per heavy atom. The molecule has 0 aliphatic rings. The van der Waals surface area contributed by atoms with Crippen molar-refractivity contribution in [1.29, 1.82) is 0 Å². The highest BCUT2D eigenvalue weighted by Crippen LogP contribution is 2.57. The van der Waals surface area contributed by atoms with Crippen LogP contribution in [0, 0.1) is 11.8 Å². The Bertz CT molecular complexity index is 599. The van der Waals surface area contributed by atoms with Crippen molar-refractivity contribution < 1.29 is 33.3 Å². The lowest BCUT2D eigenvalue weighted by molar-refractivity contribution is -0.694. The van der Waals surface area contributed by atoms with Crippen LogP contribution in [-0.2, 0) is 22.2 Å². The summed E-state index contributed by atoms with van der Waals surface area (Å²) in [5.41, 5.74) is 0. The predicted molar refractivity (Wildman–Crippen MR) is 92.8 cm³/mol. The van der Waals surface area contributed by atoms with Gasteiger partial charge in [-0.1, -0.05) is 40.0 Å². The van der Waals surface area contributed by atoms with Crippen LogP contribution in [-0.4, -0.2) is 24.6 Å². The first-order chi connectivity index (χ1) is 11.4. The van der Waals surface area contributed by atoms with Crippen molar-refractivity contribution in [3.63, 3.8) is 0 Å². The molecular formula is C15H30N2O6P2. The lowest BCUT2D eigenvalue weighted by atomic mass is 9.97. The number of rotatable bonds is 11. The number of nitrogens with zero attached hydrogens (tertiary/aromatic N) is 2. The summed E-state index contributed by atoms with van der Waals surface area (Å²) in [6.45, 7) is 6.87. The molecule has 3 unspecified atom stereocenters. The Balaban J connectivity index is 2.56. The van der Waals surface area contributed by atoms with E-state index >= 15 is 0 Å². The first-order valence-electron chi connectivity index (χ1n) is 8.53. The summed E-state index contributed by atoms with van der Waals surface area (Å²) in [5, 5.41) is -2.13. The molecule has 1 heterocycles. The van der Waals surface area contributed by atoms with Crippen molar-refractivity contribution in [2.75, 3.05) is 0 Å². The van der Waals surface area contributed by atoms with E-state index in [1.54, 1.807) is 18.7 Å². The standard InChI is InChI=1S/C15H30N2O6P2/c1-13(2)5-4-6-14(3)7-8-16-9-10-17(12-16)11-15(24(18,19)20)25(21,22)23/h9-10,12-15H,4-8,11H2,1-3H3,(H3-,18,19,20,21,22,23). The van der Waals surface area contributed by atoms with Crippen molar-refractivity contribution in [1.82, 2.24) is 4.57 Å². The monoisotopic (exact) mass is 396 g/mol. The van der Waals surface area contributed by atoms with Gasteiger partial charge in [-0.3, -0.25) is 4.57 Å². The molecule has 0 bridgehead atoms. The quantitative estimate of drug-likeness (QED) is 0.386. The summed E-state index contributed by atoms with van der Waals surface area (Å²) in [6, 6.07) is 0. The molecule has 1 aromatic rings. The number of aromatic nitrogens is 2. The molecule has 0 radical (unpaired) electrons. The van der Waals surface area contributed by atoms with Crippen LogP contribution >= 0.6 is 15.2 Å². The number of aryl methyl sites for hydroxylation is 1. The highest BCUT2D eigenvalue weighted by atomic mass is 31.2. The van der Waals surface area contributed by atoms with Gasteiger partial charge in [0.2, 0.25) is 6.33 Å². The van der Waals surface area contributed by atoms with E-state index in [0.29, 0.717) is 11.8 Å². The maximum absolute atomic E-state index is 11.3. The predicted octanol–water partition coefficient (Wildman–Crippen LogP) is 1.68. The highest BCUT2D eigenvalue weighted by Gasteiger charge is 2.39. The van der Waals surface area contributed by atoms with Gasteiger partial charge in [-0.05, 0) is 18.3 Å². The molecule has 0 amide bonds. The first-order valence-corrected chi connectivity index (χ1v) is 11.9. The van der Waals surface area contributed by atoms with Crippen LogP contribution in [0.1, 0.15) is 46.5 Å². The number of hydrogen-bond acceptors (Lipinski definition) is 3. The van der Waals surface area contributed by atoms with E-state index in [4.69, 9.17) is 14.7 Å². The Kier molecular flexibility index (Phi) is 8.52. The maximum atomic E-state index is 11.3. The van der Waals surface area contributed by atoms with Gasteiger partial charge in [-0.2, -0.15) is 0 Å². The summed E-state index contributed by atoms with van der Waals surface area (Å²) < 4.78 is 25.7. The molecule has 0 spiro atoms. The van der Waals surface area contributed by atoms with E-state index in [1.807, 2.05) is 4.57 Å². The van der Waals surface area contributed by atoms with Crippen LogP contribution in [0.3, 0.4) is 0 Å². The first kappa shape index (κ1) is 22.6. The molecule has 0 saturated heterocycles. The molecule has 3 N–H and O–H groups in total. The van der Waals surface area contributed by atoms with Crippen LogP contribution in [0.5, 0.6) is 0 Å². The summed E-state index contributed by atoms with van der Waals surface area (Å²) >= 11 is 0. The minimum absolute atomic E-state index is 0.488. The van der Waals surface area contributed by atoms with Crippen molar-refractivity contribution in [3.05, 3.63) is 18.7 Å². The molecule has 10 heteroatoms. The largest absolute Gasteiger partial charge is 0.778 e. The molecule has 1 aromatic heterocycles. The summed E-state index contributed by atoms with van der Waals surface area (Å²) in [4.78, 5) is 38.6. The lowest BCUT2D eigenvalue weighted by Crippen LogP contribution is -2.39. The molecule has 25 heavy (non-hydrogen) atoms. The Labute approximate surface area is 149 Å². The molecule has 146 valence electrons. The zero-order valence-electron chi connectivity index (χ0n) is 15.1. The fourth-order valence-corrected chi connectivity index (χ4v) is 4.97. The second kappa shape index (κ2) is 9.45. The van der Waals surface area contributed by atoms with Crippen LogP contribution in [0.2, 0.25) is 0 Å². The minimum Gasteiger partial charge on any atom is -0.778 e. The van der Waals surface area contributed by atoms with Crippen molar-refractivity contribution in [3.8, 4) is 0 Å². The van der Waals surface area contributed by atoms with Gasteiger partial charge in [-0.15, -0.1) is 0 Å². The van der Waals surface area contributed by atoms with Crippen molar-refractivity contribution in [2.24, 2.45) is 11.8 Å². The van der Waals surface area contributed by atoms with Crippen LogP contribution in [0.15, 0.2) is 18.7 Å². The average molecular weight is 396 g/mol. The van der Waals surface area contributed by atoms with Crippen molar-refractivity contribution >= 4 is 15.2 Å². The lowest BCUT2D eigenvalue weighted by Gasteiger charge is -2.25. The molecule has 1 rings (SSSR count). The normalized spacial score (nSPS) is 17.4. The van der Waals surface area contributed by atoms with E-state index < -0.39 is 27.1 Å². The van der Waals surface area contributed by atoms with Crippen LogP contribution in [0.4, 0.5) is 0 Å². The average Bonchev–Trinajstić information content (AvgIpc) is 2.87. The van der Waals surface area contributed by atoms with Gasteiger partial charge in [0, 0.05) is 0 Å². The second-order valence-electron chi connectivity index (χ2n) is 7.20. The third-order valence-electron chi connectivity index (χ3n) is 4.24. The maximum Gasteiger partial charge on any atom is 0.341 e. The summed E-state index contributed by atoms with van der Waals surface area (Å²) in [5.74, 6) is 1.28. The Morgan fingerprint density at radius 3 is 2.28 bits per heavy atom. The molecule has 0 aromatic carbocycles. The minimum atomic E-state index is -5.15. The van der Waals surface area contributed by atoms with Crippen LogP contribution < -0.4 is 9.46 Å². The molecule has 3 atom stereocenters. The second-order valence-corrected chi connectivity index (χ2v) is 11.2. The van der Waals surface area contributed by atoms with Gasteiger partial charge in [0.1, 0.15) is 18.9 Å². The molecule has 0 saturated carbocycles. The number of hydrogen-bond donors (Lipinski definition) is 3. The van der Waals surface area contributed by atoms with Crippen molar-refractivity contribution in [2.45, 2.75) is 64.9 Å². The zero-order chi connectivity index (χ0) is 19.3. The van der Waals surface area contributed by atoms with Crippen LogP contribution in [0.25, 0.3) is 0 Å². The zero-order valence-corrected chi connectivity index (χ0v) is 16.9. The molecule has 8 nitrogen and oxygen atoms in total. The fraction of sp³-hybridized carbons (Fsp3) is 0.800. The SMILES string of the molecule is CC(C)CCCC(C)CCn1cc[n+](CC(P(=O)([O-])O)P(=O)(O)O)c1. The van der Waals surface area contributed by atoms with Gasteiger partial charge in [0.05, 0.1) is 6.54 Å². The smallest absolute Gasteiger partial charge is 0.341 e. The Morgan fingerprint density at radius 1 is 1.12 bits per heavy atom. The molecule has 0 aliphatic heterocycles. The Hall–Kier alpha value is -0.490. The highest BCUT2D eigenvalue weighted by molar-refractivity contribution is 7.70. The third kappa shape index (κ3) is 8.63. The summed E-state index contributed by atoms with van der Waals surface area (Å²) in [6.07, 6.45) is 9.40. The topological polar surface area (TPSA) is 127 Å². The van der Waals surface area contributed by atoms with Gasteiger partial charge < -0.3 is 24.1 Å². The number of imidazole rings is 1. The third-order valence-corrected chi connectivity index (χ3v) is 7.88.